The Labute approximate surface area is 281 Å². The predicted octanol–water partition coefficient (Wildman–Crippen LogP) is 8.26. The number of nitrogens with zero attached hydrogens (tertiary/aromatic N) is 5. The normalized spacial score (nSPS) is 16.7. The molecule has 0 saturated carbocycles. The van der Waals surface area contributed by atoms with E-state index in [9.17, 15) is 18.3 Å². The quantitative estimate of drug-likeness (QED) is 0.0857. The second-order valence-electron chi connectivity index (χ2n) is 12.2. The standard InChI is InChI=1S/C35H24F4N5O2.Pt/c1-35(2,3)18-13-17-5-10-26(43-32(17)25(45)14-18)46-21-11-12-41-24(15-21)34-42-23-16-22-27(29(37)31(39)30(38)28(22)36)33(23)44(34)20-8-6-19(40-4)7-9-20;/h5-14,23,33,45H,16H2,1-3H3;/q-1;/t23-,33-;/m0./s1. The summed E-state index contributed by atoms with van der Waals surface area (Å²) in [5, 5.41) is 11.5. The maximum Gasteiger partial charge on any atom is 0.217 e. The van der Waals surface area contributed by atoms with Gasteiger partial charge in [-0.1, -0.05) is 39.0 Å². The first-order chi connectivity index (χ1) is 21.9. The van der Waals surface area contributed by atoms with Gasteiger partial charge in [-0.05, 0) is 59.6 Å². The van der Waals surface area contributed by atoms with Crippen LogP contribution in [0.4, 0.5) is 28.9 Å². The number of rotatable bonds is 4. The SMILES string of the molecule is [C-]#[N+]c1ccc(N2C(c3[c-]c(Oc4ccc5cc(C(C)(C)C)cc(O)c5n4)ccn3)=N[C@H]3Cc4c(F)c(F)c(F)c(F)c4[C@H]32)cc1.[Pt]. The number of aromatic nitrogens is 2. The molecule has 1 N–H and O–H groups in total. The second kappa shape index (κ2) is 11.8. The van der Waals surface area contributed by atoms with Gasteiger partial charge < -0.3 is 19.7 Å². The number of phenolic OH excluding ortho intramolecular Hbond substituents is 1. The van der Waals surface area contributed by atoms with Crippen LogP contribution >= 0.6 is 0 Å². The van der Waals surface area contributed by atoms with E-state index in [4.69, 9.17) is 16.3 Å². The molecule has 0 fully saturated rings. The number of fused-ring (bicyclic) bond motifs is 4. The van der Waals surface area contributed by atoms with Crippen LogP contribution in [-0.2, 0) is 32.9 Å². The molecular weight excluding hydrogens is 793 g/mol. The summed E-state index contributed by atoms with van der Waals surface area (Å²) in [5.41, 5.74) is 1.52. The van der Waals surface area contributed by atoms with Crippen molar-refractivity contribution >= 4 is 28.1 Å². The predicted molar refractivity (Wildman–Crippen MR) is 163 cm³/mol. The van der Waals surface area contributed by atoms with Crippen LogP contribution in [0.1, 0.15) is 49.2 Å². The van der Waals surface area contributed by atoms with Crippen molar-refractivity contribution in [3.05, 3.63) is 124 Å². The average molecular weight is 818 g/mol. The van der Waals surface area contributed by atoms with Crippen LogP contribution in [0.3, 0.4) is 0 Å². The van der Waals surface area contributed by atoms with Crippen molar-refractivity contribution in [1.82, 2.24) is 9.97 Å². The fourth-order valence-electron chi connectivity index (χ4n) is 5.97. The summed E-state index contributed by atoms with van der Waals surface area (Å²) in [6, 6.07) is 16.2. The van der Waals surface area contributed by atoms with Gasteiger partial charge in [0.15, 0.2) is 29.0 Å². The van der Waals surface area contributed by atoms with Gasteiger partial charge in [0.25, 0.3) is 0 Å². The molecule has 12 heteroatoms. The number of benzene rings is 3. The molecule has 2 atom stereocenters. The fraction of sp³-hybridized carbons (Fsp3) is 0.200. The molecule has 1 aliphatic heterocycles. The molecule has 0 saturated heterocycles. The number of amidine groups is 1. The van der Waals surface area contributed by atoms with Crippen LogP contribution in [0.2, 0.25) is 0 Å². The number of halogens is 4. The van der Waals surface area contributed by atoms with Crippen molar-refractivity contribution in [2.75, 3.05) is 4.90 Å². The van der Waals surface area contributed by atoms with E-state index in [1.807, 2.05) is 26.8 Å². The van der Waals surface area contributed by atoms with E-state index >= 15 is 4.39 Å². The van der Waals surface area contributed by atoms with E-state index in [-0.39, 0.29) is 72.9 Å². The first kappa shape index (κ1) is 32.1. The van der Waals surface area contributed by atoms with Crippen molar-refractivity contribution in [2.24, 2.45) is 4.99 Å². The third-order valence-corrected chi connectivity index (χ3v) is 8.24. The van der Waals surface area contributed by atoms with E-state index in [1.165, 1.54) is 6.20 Å². The Bertz CT molecular complexity index is 2140. The molecule has 7 nitrogen and oxygen atoms in total. The number of anilines is 1. The third-order valence-electron chi connectivity index (χ3n) is 8.24. The van der Waals surface area contributed by atoms with E-state index in [2.05, 4.69) is 20.9 Å². The Morgan fingerprint density at radius 2 is 1.70 bits per heavy atom. The van der Waals surface area contributed by atoms with Crippen molar-refractivity contribution < 1.29 is 48.5 Å². The van der Waals surface area contributed by atoms with Crippen LogP contribution < -0.4 is 9.64 Å². The Kier molecular flexibility index (Phi) is 8.05. The molecule has 0 unspecified atom stereocenters. The van der Waals surface area contributed by atoms with Gasteiger partial charge in [-0.3, -0.25) is 4.98 Å². The number of hydrogen-bond acceptors (Lipinski definition) is 6. The molecule has 240 valence electrons. The number of aromatic hydroxyl groups is 1. The minimum atomic E-state index is -1.89. The second-order valence-corrected chi connectivity index (χ2v) is 12.2. The van der Waals surface area contributed by atoms with E-state index in [0.29, 0.717) is 16.9 Å². The zero-order valence-corrected chi connectivity index (χ0v) is 27.3. The Morgan fingerprint density at radius 1 is 0.979 bits per heavy atom. The average Bonchev–Trinajstić information content (AvgIpc) is 3.59. The van der Waals surface area contributed by atoms with Crippen LogP contribution in [-0.4, -0.2) is 27.0 Å². The van der Waals surface area contributed by atoms with Gasteiger partial charge >= 0.3 is 0 Å². The Hall–Kier alpha value is -4.81. The molecule has 0 amide bonds. The molecule has 7 rings (SSSR count). The number of aliphatic imine (C=N–C) groups is 1. The fourth-order valence-corrected chi connectivity index (χ4v) is 5.97. The smallest absolute Gasteiger partial charge is 0.217 e. The number of ether oxygens (including phenoxy) is 1. The van der Waals surface area contributed by atoms with Crippen LogP contribution in [0.5, 0.6) is 17.4 Å². The van der Waals surface area contributed by atoms with Gasteiger partial charge in [-0.2, -0.15) is 0 Å². The van der Waals surface area contributed by atoms with Crippen molar-refractivity contribution in [3.8, 4) is 17.4 Å². The minimum absolute atomic E-state index is 0. The molecule has 0 radical (unpaired) electrons. The van der Waals surface area contributed by atoms with E-state index in [0.717, 1.165) is 10.9 Å². The molecule has 2 aromatic heterocycles. The summed E-state index contributed by atoms with van der Waals surface area (Å²) in [5.74, 6) is -6.06. The van der Waals surface area contributed by atoms with Crippen molar-refractivity contribution in [2.45, 2.75) is 44.7 Å². The number of hydrogen-bond donors (Lipinski definition) is 1. The summed E-state index contributed by atoms with van der Waals surface area (Å²) in [7, 11) is 0. The van der Waals surface area contributed by atoms with Crippen molar-refractivity contribution in [1.29, 1.82) is 0 Å². The van der Waals surface area contributed by atoms with Gasteiger partial charge in [0, 0.05) is 55.1 Å². The largest absolute Gasteiger partial charge is 0.506 e. The number of phenols is 1. The van der Waals surface area contributed by atoms with Crippen LogP contribution in [0.15, 0.2) is 65.8 Å². The molecule has 0 bridgehead atoms. The molecule has 3 aromatic carbocycles. The van der Waals surface area contributed by atoms with Gasteiger partial charge in [-0.15, -0.1) is 6.07 Å². The van der Waals surface area contributed by atoms with Crippen LogP contribution in [0, 0.1) is 35.9 Å². The molecule has 5 aromatic rings. The summed E-state index contributed by atoms with van der Waals surface area (Å²) in [6.45, 7) is 13.4. The van der Waals surface area contributed by atoms with Crippen LogP contribution in [0.25, 0.3) is 15.7 Å². The first-order valence-corrected chi connectivity index (χ1v) is 14.3. The Morgan fingerprint density at radius 3 is 2.40 bits per heavy atom. The van der Waals surface area contributed by atoms with Gasteiger partial charge in [0.1, 0.15) is 11.3 Å². The van der Waals surface area contributed by atoms with Gasteiger partial charge in [-0.25, -0.2) is 27.4 Å². The first-order valence-electron chi connectivity index (χ1n) is 14.3. The van der Waals surface area contributed by atoms with E-state index < -0.39 is 35.4 Å². The zero-order valence-electron chi connectivity index (χ0n) is 25.1. The summed E-state index contributed by atoms with van der Waals surface area (Å²) in [4.78, 5) is 18.6. The summed E-state index contributed by atoms with van der Waals surface area (Å²) >= 11 is 0. The molecule has 0 spiro atoms. The molecule has 3 heterocycles. The van der Waals surface area contributed by atoms with Gasteiger partial charge in [0.05, 0.1) is 24.5 Å². The maximum absolute atomic E-state index is 15.3. The topological polar surface area (TPSA) is 75.2 Å². The molecule has 2 aliphatic rings. The van der Waals surface area contributed by atoms with E-state index in [1.54, 1.807) is 53.4 Å². The molecular formula is C35H24F4N5O2Pt-. The maximum atomic E-state index is 15.3. The zero-order chi connectivity index (χ0) is 32.5. The summed E-state index contributed by atoms with van der Waals surface area (Å²) < 4.78 is 64.7. The summed E-state index contributed by atoms with van der Waals surface area (Å²) in [6.07, 6.45) is 1.28. The van der Waals surface area contributed by atoms with Gasteiger partial charge in [0.2, 0.25) is 5.88 Å². The van der Waals surface area contributed by atoms with Crippen molar-refractivity contribution in [3.63, 3.8) is 0 Å². The third kappa shape index (κ3) is 5.40. The number of pyridine rings is 2. The Balaban J connectivity index is 0.00000386. The monoisotopic (exact) mass is 817 g/mol. The molecule has 47 heavy (non-hydrogen) atoms. The molecule has 1 aliphatic carbocycles. The minimum Gasteiger partial charge on any atom is -0.506 e.